The average Bonchev–Trinajstić information content (AvgIpc) is 2.80. The van der Waals surface area contributed by atoms with E-state index < -0.39 is 0 Å². The maximum atomic E-state index is 5.30. The molecule has 4 heteroatoms. The van der Waals surface area contributed by atoms with E-state index in [2.05, 4.69) is 29.4 Å². The summed E-state index contributed by atoms with van der Waals surface area (Å²) in [5.74, 6) is 0. The van der Waals surface area contributed by atoms with Crippen LogP contribution in [0.25, 0.3) is 0 Å². The molecule has 0 aromatic carbocycles. The molecule has 1 aliphatic carbocycles. The first-order valence-corrected chi connectivity index (χ1v) is 7.43. The van der Waals surface area contributed by atoms with Gasteiger partial charge in [0, 0.05) is 19.1 Å². The molecule has 0 atom stereocenters. The largest absolute Gasteiger partial charge is 0.361 e. The third-order valence-corrected chi connectivity index (χ3v) is 3.65. The van der Waals surface area contributed by atoms with Crippen LogP contribution in [0.1, 0.15) is 46.0 Å². The predicted octanol–water partition coefficient (Wildman–Crippen LogP) is 2.12. The van der Waals surface area contributed by atoms with Crippen molar-refractivity contribution in [1.29, 1.82) is 0 Å². The molecule has 3 nitrogen and oxygen atoms in total. The Kier molecular flexibility index (Phi) is 7.53. The Morgan fingerprint density at radius 1 is 1.24 bits per heavy atom. The fourth-order valence-electron chi connectivity index (χ4n) is 2.38. The minimum Gasteiger partial charge on any atom is -0.361 e. The monoisotopic (exact) mass is 257 g/mol. The van der Waals surface area contributed by atoms with Gasteiger partial charge in [-0.2, -0.15) is 0 Å². The zero-order valence-electron chi connectivity index (χ0n) is 11.3. The van der Waals surface area contributed by atoms with E-state index in [4.69, 9.17) is 12.2 Å². The van der Waals surface area contributed by atoms with Crippen molar-refractivity contribution in [3.05, 3.63) is 0 Å². The molecule has 0 aromatic rings. The van der Waals surface area contributed by atoms with Crippen molar-refractivity contribution >= 4 is 17.3 Å². The minimum atomic E-state index is 0.618. The van der Waals surface area contributed by atoms with E-state index in [1.54, 1.807) is 0 Å². The maximum Gasteiger partial charge on any atom is 0.166 e. The molecule has 0 aliphatic heterocycles. The molecule has 0 amide bonds. The molecule has 0 heterocycles. The quantitative estimate of drug-likeness (QED) is 0.683. The van der Waals surface area contributed by atoms with Crippen LogP contribution < -0.4 is 10.6 Å². The van der Waals surface area contributed by atoms with Crippen LogP contribution in [0.2, 0.25) is 0 Å². The Balaban J connectivity index is 2.06. The Bertz CT molecular complexity index is 215. The molecule has 0 spiro atoms. The van der Waals surface area contributed by atoms with Crippen LogP contribution in [0.4, 0.5) is 0 Å². The van der Waals surface area contributed by atoms with Gasteiger partial charge in [0.2, 0.25) is 0 Å². The Morgan fingerprint density at radius 3 is 2.53 bits per heavy atom. The van der Waals surface area contributed by atoms with Gasteiger partial charge in [0.15, 0.2) is 5.11 Å². The van der Waals surface area contributed by atoms with Crippen molar-refractivity contribution < 1.29 is 0 Å². The van der Waals surface area contributed by atoms with Crippen molar-refractivity contribution in [3.8, 4) is 0 Å². The number of hydrogen-bond donors (Lipinski definition) is 2. The number of likely N-dealkylation sites (N-methyl/N-ethyl adjacent to an activating group) is 1. The molecule has 100 valence electrons. The van der Waals surface area contributed by atoms with Gasteiger partial charge in [0.25, 0.3) is 0 Å². The predicted molar refractivity (Wildman–Crippen MR) is 78.4 cm³/mol. The first-order chi connectivity index (χ1) is 8.26. The lowest BCUT2D eigenvalue weighted by molar-refractivity contribution is 0.293. The van der Waals surface area contributed by atoms with Crippen LogP contribution in [-0.2, 0) is 0 Å². The second-order valence-corrected chi connectivity index (χ2v) is 5.22. The lowest BCUT2D eigenvalue weighted by Crippen LogP contribution is -2.43. The van der Waals surface area contributed by atoms with Crippen LogP contribution in [0.3, 0.4) is 0 Å². The molecule has 1 rings (SSSR count). The molecule has 2 N–H and O–H groups in total. The van der Waals surface area contributed by atoms with Gasteiger partial charge in [-0.15, -0.1) is 0 Å². The fraction of sp³-hybridized carbons (Fsp3) is 0.923. The van der Waals surface area contributed by atoms with E-state index in [0.29, 0.717) is 6.04 Å². The Hall–Kier alpha value is -0.350. The summed E-state index contributed by atoms with van der Waals surface area (Å²) in [6.45, 7) is 8.77. The highest BCUT2D eigenvalue weighted by molar-refractivity contribution is 7.80. The molecule has 1 saturated carbocycles. The van der Waals surface area contributed by atoms with Crippen LogP contribution in [-0.4, -0.2) is 42.2 Å². The van der Waals surface area contributed by atoms with E-state index in [1.807, 2.05) is 0 Å². The second-order valence-electron chi connectivity index (χ2n) is 4.82. The van der Waals surface area contributed by atoms with Gasteiger partial charge in [-0.3, -0.25) is 0 Å². The van der Waals surface area contributed by atoms with Crippen molar-refractivity contribution in [2.24, 2.45) is 0 Å². The van der Waals surface area contributed by atoms with Gasteiger partial charge in [-0.25, -0.2) is 0 Å². The number of nitrogens with zero attached hydrogens (tertiary/aromatic N) is 1. The standard InChI is InChI=1S/C13H27N3S/c1-3-10-16(4-2)11-9-14-13(17)15-12-7-5-6-8-12/h12H,3-11H2,1-2H3,(H2,14,15,17). The van der Waals surface area contributed by atoms with Crippen LogP contribution in [0.5, 0.6) is 0 Å². The average molecular weight is 257 g/mol. The maximum absolute atomic E-state index is 5.30. The molecule has 0 saturated heterocycles. The van der Waals surface area contributed by atoms with E-state index >= 15 is 0 Å². The number of hydrogen-bond acceptors (Lipinski definition) is 2. The van der Waals surface area contributed by atoms with Crippen LogP contribution in [0.15, 0.2) is 0 Å². The smallest absolute Gasteiger partial charge is 0.166 e. The summed E-state index contributed by atoms with van der Waals surface area (Å²) in [4.78, 5) is 2.45. The molecule has 1 aliphatic rings. The third-order valence-electron chi connectivity index (χ3n) is 3.39. The van der Waals surface area contributed by atoms with Crippen LogP contribution in [0, 0.1) is 0 Å². The highest BCUT2D eigenvalue weighted by Gasteiger charge is 2.15. The van der Waals surface area contributed by atoms with Crippen molar-refractivity contribution in [3.63, 3.8) is 0 Å². The normalized spacial score (nSPS) is 16.4. The number of rotatable bonds is 7. The molecular formula is C13H27N3S. The van der Waals surface area contributed by atoms with Crippen molar-refractivity contribution in [2.75, 3.05) is 26.2 Å². The number of nitrogens with one attached hydrogen (secondary N) is 2. The fourth-order valence-corrected chi connectivity index (χ4v) is 2.65. The topological polar surface area (TPSA) is 27.3 Å². The molecule has 0 radical (unpaired) electrons. The zero-order chi connectivity index (χ0) is 12.5. The van der Waals surface area contributed by atoms with Crippen molar-refractivity contribution in [1.82, 2.24) is 15.5 Å². The Labute approximate surface area is 111 Å². The molecule has 1 fully saturated rings. The van der Waals surface area contributed by atoms with Crippen molar-refractivity contribution in [2.45, 2.75) is 52.0 Å². The highest BCUT2D eigenvalue weighted by Crippen LogP contribution is 2.17. The lowest BCUT2D eigenvalue weighted by Gasteiger charge is -2.21. The molecule has 17 heavy (non-hydrogen) atoms. The number of thiocarbonyl (C=S) groups is 1. The molecule has 0 unspecified atom stereocenters. The Morgan fingerprint density at radius 2 is 1.94 bits per heavy atom. The SMILES string of the molecule is CCCN(CC)CCNC(=S)NC1CCCC1. The van der Waals surface area contributed by atoms with Gasteiger partial charge in [-0.1, -0.05) is 26.7 Å². The highest BCUT2D eigenvalue weighted by atomic mass is 32.1. The van der Waals surface area contributed by atoms with Gasteiger partial charge >= 0.3 is 0 Å². The summed E-state index contributed by atoms with van der Waals surface area (Å²) in [6, 6.07) is 0.618. The summed E-state index contributed by atoms with van der Waals surface area (Å²) in [5.41, 5.74) is 0. The lowest BCUT2D eigenvalue weighted by atomic mass is 10.3. The van der Waals surface area contributed by atoms with Gasteiger partial charge in [-0.05, 0) is 44.6 Å². The summed E-state index contributed by atoms with van der Waals surface area (Å²) in [6.07, 6.45) is 6.47. The van der Waals surface area contributed by atoms with Gasteiger partial charge < -0.3 is 15.5 Å². The van der Waals surface area contributed by atoms with E-state index in [0.717, 1.165) is 24.7 Å². The minimum absolute atomic E-state index is 0.618. The van der Waals surface area contributed by atoms with E-state index in [9.17, 15) is 0 Å². The summed E-state index contributed by atoms with van der Waals surface area (Å²) < 4.78 is 0. The summed E-state index contributed by atoms with van der Waals surface area (Å²) in [7, 11) is 0. The molecule has 0 bridgehead atoms. The van der Waals surface area contributed by atoms with Crippen LogP contribution >= 0.6 is 12.2 Å². The van der Waals surface area contributed by atoms with Gasteiger partial charge in [0.1, 0.15) is 0 Å². The molecular weight excluding hydrogens is 230 g/mol. The molecule has 0 aromatic heterocycles. The summed E-state index contributed by atoms with van der Waals surface area (Å²) >= 11 is 5.30. The summed E-state index contributed by atoms with van der Waals surface area (Å²) in [5, 5.41) is 7.55. The zero-order valence-corrected chi connectivity index (χ0v) is 12.1. The second kappa shape index (κ2) is 8.70. The van der Waals surface area contributed by atoms with Gasteiger partial charge in [0.05, 0.1) is 0 Å². The first kappa shape index (κ1) is 14.7. The van der Waals surface area contributed by atoms with E-state index in [1.165, 1.54) is 38.6 Å². The van der Waals surface area contributed by atoms with E-state index in [-0.39, 0.29) is 0 Å². The first-order valence-electron chi connectivity index (χ1n) is 7.03. The third kappa shape index (κ3) is 6.22.